The molecule has 1 aromatic rings. The van der Waals surface area contributed by atoms with Gasteiger partial charge in [-0.25, -0.2) is 8.78 Å². The number of aryl methyl sites for hydroxylation is 1. The van der Waals surface area contributed by atoms with Crippen molar-refractivity contribution in [3.63, 3.8) is 0 Å². The van der Waals surface area contributed by atoms with Crippen molar-refractivity contribution in [3.8, 4) is 0 Å². The highest BCUT2D eigenvalue weighted by Gasteiger charge is 2.04. The Bertz CT molecular complexity index is 337. The normalized spacial score (nSPS) is 11.2. The maximum atomic E-state index is 12.9. The van der Waals surface area contributed by atoms with Gasteiger partial charge in [-0.15, -0.1) is 0 Å². The Labute approximate surface area is 106 Å². The van der Waals surface area contributed by atoms with E-state index in [2.05, 4.69) is 5.32 Å². The average molecular weight is 259 g/mol. The van der Waals surface area contributed by atoms with E-state index in [9.17, 15) is 8.78 Å². The number of rotatable bonds is 8. The first-order valence-corrected chi connectivity index (χ1v) is 5.87. The van der Waals surface area contributed by atoms with Gasteiger partial charge < -0.3 is 14.8 Å². The van der Waals surface area contributed by atoms with Crippen molar-refractivity contribution in [2.24, 2.45) is 0 Å². The number of halogens is 2. The first-order valence-electron chi connectivity index (χ1n) is 5.87. The molecule has 3 nitrogen and oxygen atoms in total. The predicted octanol–water partition coefficient (Wildman–Crippen LogP) is 2.11. The van der Waals surface area contributed by atoms with E-state index in [-0.39, 0.29) is 6.29 Å². The third kappa shape index (κ3) is 5.53. The second-order valence-corrected chi connectivity index (χ2v) is 3.99. The molecule has 0 radical (unpaired) electrons. The summed E-state index contributed by atoms with van der Waals surface area (Å²) in [6.45, 7) is 1.33. The molecule has 0 aromatic heterocycles. The lowest BCUT2D eigenvalue weighted by atomic mass is 10.1. The minimum atomic E-state index is -0.531. The largest absolute Gasteiger partial charge is 0.355 e. The molecule has 1 aromatic carbocycles. The van der Waals surface area contributed by atoms with Crippen LogP contribution in [0.5, 0.6) is 0 Å². The predicted molar refractivity (Wildman–Crippen MR) is 65.4 cm³/mol. The second-order valence-electron chi connectivity index (χ2n) is 3.99. The average Bonchev–Trinajstić information content (AvgIpc) is 2.32. The topological polar surface area (TPSA) is 30.5 Å². The second kappa shape index (κ2) is 8.13. The SMILES string of the molecule is COC(CNCCCc1cc(F)cc(F)c1)OC. The van der Waals surface area contributed by atoms with Crippen molar-refractivity contribution < 1.29 is 18.3 Å². The molecule has 1 N–H and O–H groups in total. The minimum absolute atomic E-state index is 0.267. The maximum Gasteiger partial charge on any atom is 0.169 e. The van der Waals surface area contributed by atoms with Crippen molar-refractivity contribution in [1.82, 2.24) is 5.32 Å². The van der Waals surface area contributed by atoms with Crippen LogP contribution in [0.25, 0.3) is 0 Å². The first-order chi connectivity index (χ1) is 8.65. The van der Waals surface area contributed by atoms with Gasteiger partial charge in [-0.1, -0.05) is 0 Å². The summed E-state index contributed by atoms with van der Waals surface area (Å²) in [4.78, 5) is 0. The van der Waals surface area contributed by atoms with Crippen molar-refractivity contribution in [2.75, 3.05) is 27.3 Å². The summed E-state index contributed by atoms with van der Waals surface area (Å²) in [5, 5.41) is 3.15. The molecule has 102 valence electrons. The van der Waals surface area contributed by atoms with Gasteiger partial charge in [-0.2, -0.15) is 0 Å². The summed E-state index contributed by atoms with van der Waals surface area (Å²) < 4.78 is 35.8. The molecule has 0 unspecified atom stereocenters. The van der Waals surface area contributed by atoms with Gasteiger partial charge in [-0.3, -0.25) is 0 Å². The lowest BCUT2D eigenvalue weighted by Crippen LogP contribution is -2.30. The van der Waals surface area contributed by atoms with Crippen molar-refractivity contribution in [1.29, 1.82) is 0 Å². The Hall–Kier alpha value is -1.04. The van der Waals surface area contributed by atoms with Gasteiger partial charge in [0.15, 0.2) is 6.29 Å². The summed E-state index contributed by atoms with van der Waals surface area (Å²) >= 11 is 0. The van der Waals surface area contributed by atoms with Crippen LogP contribution < -0.4 is 5.32 Å². The summed E-state index contributed by atoms with van der Waals surface area (Å²) in [7, 11) is 3.15. The molecule has 0 saturated carbocycles. The fourth-order valence-corrected chi connectivity index (χ4v) is 1.66. The summed E-state index contributed by atoms with van der Waals surface area (Å²) in [6, 6.07) is 3.59. The van der Waals surface area contributed by atoms with E-state index in [4.69, 9.17) is 9.47 Å². The van der Waals surface area contributed by atoms with Crippen LogP contribution in [-0.4, -0.2) is 33.6 Å². The van der Waals surface area contributed by atoms with Crippen LogP contribution in [-0.2, 0) is 15.9 Å². The monoisotopic (exact) mass is 259 g/mol. The zero-order chi connectivity index (χ0) is 13.4. The Balaban J connectivity index is 2.21. The van der Waals surface area contributed by atoms with Crippen LogP contribution in [0, 0.1) is 11.6 Å². The number of hydrogen-bond donors (Lipinski definition) is 1. The molecule has 0 heterocycles. The standard InChI is InChI=1S/C13H19F2NO2/c1-17-13(18-2)9-16-5-3-4-10-6-11(14)8-12(15)7-10/h6-8,13,16H,3-5,9H2,1-2H3. The highest BCUT2D eigenvalue weighted by molar-refractivity contribution is 5.17. The molecule has 5 heteroatoms. The zero-order valence-corrected chi connectivity index (χ0v) is 10.7. The quantitative estimate of drug-likeness (QED) is 0.573. The lowest BCUT2D eigenvalue weighted by molar-refractivity contribution is -0.0986. The Morgan fingerprint density at radius 3 is 2.28 bits per heavy atom. The first kappa shape index (κ1) is 15.0. The maximum absolute atomic E-state index is 12.9. The highest BCUT2D eigenvalue weighted by atomic mass is 19.1. The van der Waals surface area contributed by atoms with E-state index < -0.39 is 11.6 Å². The molecule has 0 aliphatic heterocycles. The molecule has 0 spiro atoms. The Kier molecular flexibility index (Phi) is 6.78. The van der Waals surface area contributed by atoms with Gasteiger partial charge >= 0.3 is 0 Å². The molecule has 0 bridgehead atoms. The number of methoxy groups -OCH3 is 2. The van der Waals surface area contributed by atoms with Crippen LogP contribution in [0.15, 0.2) is 18.2 Å². The Morgan fingerprint density at radius 2 is 1.72 bits per heavy atom. The zero-order valence-electron chi connectivity index (χ0n) is 10.7. The molecule has 0 fully saturated rings. The summed E-state index contributed by atoms with van der Waals surface area (Å²) in [5.74, 6) is -1.06. The van der Waals surface area contributed by atoms with Crippen molar-refractivity contribution >= 4 is 0 Å². The van der Waals surface area contributed by atoms with Gasteiger partial charge in [0.25, 0.3) is 0 Å². The minimum Gasteiger partial charge on any atom is -0.355 e. The van der Waals surface area contributed by atoms with Gasteiger partial charge in [0.1, 0.15) is 11.6 Å². The number of benzene rings is 1. The number of nitrogens with one attached hydrogen (secondary N) is 1. The summed E-state index contributed by atoms with van der Waals surface area (Å²) in [5.41, 5.74) is 0.671. The van der Waals surface area contributed by atoms with E-state index in [0.29, 0.717) is 18.5 Å². The van der Waals surface area contributed by atoms with Crippen LogP contribution in [0.2, 0.25) is 0 Å². The van der Waals surface area contributed by atoms with Gasteiger partial charge in [0.2, 0.25) is 0 Å². The van der Waals surface area contributed by atoms with E-state index in [1.807, 2.05) is 0 Å². The van der Waals surface area contributed by atoms with Crippen LogP contribution in [0.3, 0.4) is 0 Å². The van der Waals surface area contributed by atoms with Crippen LogP contribution in [0.1, 0.15) is 12.0 Å². The van der Waals surface area contributed by atoms with Gasteiger partial charge in [0, 0.05) is 26.8 Å². The third-order valence-electron chi connectivity index (χ3n) is 2.58. The van der Waals surface area contributed by atoms with Crippen LogP contribution in [0.4, 0.5) is 8.78 Å². The fraction of sp³-hybridized carbons (Fsp3) is 0.538. The highest BCUT2D eigenvalue weighted by Crippen LogP contribution is 2.09. The fourth-order valence-electron chi connectivity index (χ4n) is 1.66. The van der Waals surface area contributed by atoms with Crippen molar-refractivity contribution in [3.05, 3.63) is 35.4 Å². The number of hydrogen-bond acceptors (Lipinski definition) is 3. The molecule has 0 aliphatic rings. The molecule has 1 rings (SSSR count). The lowest BCUT2D eigenvalue weighted by Gasteiger charge is -2.13. The number of ether oxygens (including phenoxy) is 2. The summed E-state index contributed by atoms with van der Waals surface area (Å²) in [6.07, 6.45) is 1.16. The smallest absolute Gasteiger partial charge is 0.169 e. The van der Waals surface area contributed by atoms with E-state index in [1.54, 1.807) is 14.2 Å². The molecule has 0 aliphatic carbocycles. The van der Waals surface area contributed by atoms with E-state index in [1.165, 1.54) is 12.1 Å². The van der Waals surface area contributed by atoms with Crippen molar-refractivity contribution in [2.45, 2.75) is 19.1 Å². The molecule has 0 saturated heterocycles. The molecule has 18 heavy (non-hydrogen) atoms. The van der Waals surface area contributed by atoms with Crippen LogP contribution >= 0.6 is 0 Å². The Morgan fingerprint density at radius 1 is 1.11 bits per heavy atom. The third-order valence-corrected chi connectivity index (χ3v) is 2.58. The molecule has 0 atom stereocenters. The molecular formula is C13H19F2NO2. The van der Waals surface area contributed by atoms with Gasteiger partial charge in [0.05, 0.1) is 0 Å². The van der Waals surface area contributed by atoms with Gasteiger partial charge in [-0.05, 0) is 37.1 Å². The molecular weight excluding hydrogens is 240 g/mol. The van der Waals surface area contributed by atoms with E-state index in [0.717, 1.165) is 19.0 Å². The molecule has 0 amide bonds. The van der Waals surface area contributed by atoms with E-state index >= 15 is 0 Å².